The number of aromatic nitrogens is 1. The third kappa shape index (κ3) is 3.39. The molecule has 2 aromatic rings. The first kappa shape index (κ1) is 15.0. The molecule has 0 radical (unpaired) electrons. The number of hydrogen-bond donors (Lipinski definition) is 1. The largest absolute Gasteiger partial charge is 0.379 e. The molecule has 0 aliphatic rings. The molecule has 20 heavy (non-hydrogen) atoms. The average molecular weight is 332 g/mol. The van der Waals surface area contributed by atoms with Gasteiger partial charge in [-0.15, -0.1) is 11.3 Å². The molecule has 0 bridgehead atoms. The minimum Gasteiger partial charge on any atom is -0.379 e. The Balaban J connectivity index is 2.16. The van der Waals surface area contributed by atoms with Gasteiger partial charge in [0.05, 0.1) is 20.0 Å². The fourth-order valence-corrected chi connectivity index (χ4v) is 2.68. The lowest BCUT2D eigenvalue weighted by molar-refractivity contribution is -0.383. The summed E-state index contributed by atoms with van der Waals surface area (Å²) in [5.74, 6) is 0.143. The predicted molar refractivity (Wildman–Crippen MR) is 82.1 cm³/mol. The number of thiazole rings is 1. The summed E-state index contributed by atoms with van der Waals surface area (Å²) in [5, 5.41) is 17.4. The van der Waals surface area contributed by atoms with Gasteiger partial charge in [0, 0.05) is 30.1 Å². The minimum absolute atomic E-state index is 0.0919. The van der Waals surface area contributed by atoms with Gasteiger partial charge in [0.1, 0.15) is 5.69 Å². The van der Waals surface area contributed by atoms with Crippen LogP contribution in [0.4, 0.5) is 11.4 Å². The van der Waals surface area contributed by atoms with Crippen LogP contribution in [-0.2, 0) is 0 Å². The van der Waals surface area contributed by atoms with Crippen molar-refractivity contribution in [3.05, 3.63) is 48.9 Å². The Morgan fingerprint density at radius 2 is 2.15 bits per heavy atom. The summed E-state index contributed by atoms with van der Waals surface area (Å²) < 4.78 is 0. The van der Waals surface area contributed by atoms with E-state index in [4.69, 9.17) is 23.2 Å². The van der Waals surface area contributed by atoms with Crippen molar-refractivity contribution < 1.29 is 4.92 Å². The molecule has 1 aromatic carbocycles. The van der Waals surface area contributed by atoms with Crippen molar-refractivity contribution in [1.82, 2.24) is 4.98 Å². The number of nitrogens with one attached hydrogen (secondary N) is 1. The van der Waals surface area contributed by atoms with Gasteiger partial charge in [0.15, 0.2) is 0 Å². The summed E-state index contributed by atoms with van der Waals surface area (Å²) in [6.07, 6.45) is 1.73. The van der Waals surface area contributed by atoms with Crippen LogP contribution < -0.4 is 5.32 Å². The molecule has 0 saturated carbocycles. The molecule has 1 N–H and O–H groups in total. The number of benzene rings is 1. The van der Waals surface area contributed by atoms with E-state index in [1.807, 2.05) is 12.3 Å². The lowest BCUT2D eigenvalue weighted by atomic mass is 10.2. The van der Waals surface area contributed by atoms with Crippen molar-refractivity contribution in [3.63, 3.8) is 0 Å². The Hall–Kier alpha value is -1.37. The maximum absolute atomic E-state index is 11.0. The first-order valence-corrected chi connectivity index (χ1v) is 7.39. The SMILES string of the molecule is CC(CNc1cc(Cl)c(Cl)cc1[N+](=O)[O-])c1nccs1. The van der Waals surface area contributed by atoms with Crippen LogP contribution in [0.2, 0.25) is 10.0 Å². The highest BCUT2D eigenvalue weighted by Crippen LogP contribution is 2.34. The Labute approximate surface area is 129 Å². The molecular weight excluding hydrogens is 321 g/mol. The van der Waals surface area contributed by atoms with Gasteiger partial charge in [0.2, 0.25) is 0 Å². The number of nitro benzene ring substituents is 1. The number of nitro groups is 1. The summed E-state index contributed by atoms with van der Waals surface area (Å²) in [6.45, 7) is 2.52. The molecule has 0 fully saturated rings. The zero-order valence-electron chi connectivity index (χ0n) is 10.5. The number of halogens is 2. The van der Waals surface area contributed by atoms with Crippen LogP contribution in [0.1, 0.15) is 17.8 Å². The highest BCUT2D eigenvalue weighted by Gasteiger charge is 2.18. The minimum atomic E-state index is -0.487. The first-order valence-electron chi connectivity index (χ1n) is 5.75. The molecule has 0 spiro atoms. The fraction of sp³-hybridized carbons (Fsp3) is 0.250. The van der Waals surface area contributed by atoms with Crippen LogP contribution >= 0.6 is 34.5 Å². The molecule has 1 atom stereocenters. The molecule has 2 rings (SSSR count). The van der Waals surface area contributed by atoms with Crippen molar-refractivity contribution in [1.29, 1.82) is 0 Å². The van der Waals surface area contributed by atoms with E-state index >= 15 is 0 Å². The van der Waals surface area contributed by atoms with Crippen LogP contribution in [0.15, 0.2) is 23.7 Å². The van der Waals surface area contributed by atoms with Gasteiger partial charge in [-0.05, 0) is 6.07 Å². The Morgan fingerprint density at radius 1 is 1.45 bits per heavy atom. The van der Waals surface area contributed by atoms with E-state index in [1.54, 1.807) is 17.5 Å². The molecule has 1 aromatic heterocycles. The highest BCUT2D eigenvalue weighted by atomic mass is 35.5. The lowest BCUT2D eigenvalue weighted by Gasteiger charge is -2.12. The van der Waals surface area contributed by atoms with Gasteiger partial charge < -0.3 is 5.32 Å². The smallest absolute Gasteiger partial charge is 0.293 e. The molecule has 1 unspecified atom stereocenters. The van der Waals surface area contributed by atoms with Crippen LogP contribution in [0, 0.1) is 10.1 Å². The Kier molecular flexibility index (Phi) is 4.80. The molecular formula is C12H11Cl2N3O2S. The van der Waals surface area contributed by atoms with E-state index in [9.17, 15) is 10.1 Å². The first-order chi connectivity index (χ1) is 9.49. The predicted octanol–water partition coefficient (Wildman–Crippen LogP) is 4.57. The number of hydrogen-bond acceptors (Lipinski definition) is 5. The maximum Gasteiger partial charge on any atom is 0.293 e. The molecule has 0 saturated heterocycles. The van der Waals surface area contributed by atoms with Gasteiger partial charge in [-0.2, -0.15) is 0 Å². The molecule has 106 valence electrons. The maximum atomic E-state index is 11.0. The van der Waals surface area contributed by atoms with Crippen molar-refractivity contribution >= 4 is 45.9 Å². The van der Waals surface area contributed by atoms with E-state index in [0.717, 1.165) is 5.01 Å². The second-order valence-electron chi connectivity index (χ2n) is 4.19. The topological polar surface area (TPSA) is 68.1 Å². The van der Waals surface area contributed by atoms with Gasteiger partial charge in [0.25, 0.3) is 5.69 Å². The van der Waals surface area contributed by atoms with Crippen molar-refractivity contribution in [2.24, 2.45) is 0 Å². The van der Waals surface area contributed by atoms with Crippen LogP contribution in [0.25, 0.3) is 0 Å². The Bertz CT molecular complexity index is 619. The summed E-state index contributed by atoms with van der Waals surface area (Å²) in [7, 11) is 0. The van der Waals surface area contributed by atoms with E-state index in [1.165, 1.54) is 12.1 Å². The molecule has 5 nitrogen and oxygen atoms in total. The number of rotatable bonds is 5. The van der Waals surface area contributed by atoms with Crippen LogP contribution in [-0.4, -0.2) is 16.5 Å². The zero-order valence-corrected chi connectivity index (χ0v) is 12.8. The lowest BCUT2D eigenvalue weighted by Crippen LogP contribution is -2.11. The van der Waals surface area contributed by atoms with E-state index in [-0.39, 0.29) is 21.7 Å². The van der Waals surface area contributed by atoms with E-state index < -0.39 is 4.92 Å². The zero-order chi connectivity index (χ0) is 14.7. The summed E-state index contributed by atoms with van der Waals surface area (Å²) in [4.78, 5) is 14.7. The Morgan fingerprint density at radius 3 is 2.75 bits per heavy atom. The molecule has 1 heterocycles. The monoisotopic (exact) mass is 331 g/mol. The molecule has 0 aliphatic carbocycles. The van der Waals surface area contributed by atoms with Gasteiger partial charge in [-0.3, -0.25) is 10.1 Å². The van der Waals surface area contributed by atoms with Gasteiger partial charge in [-0.1, -0.05) is 30.1 Å². The third-order valence-electron chi connectivity index (χ3n) is 2.71. The second-order valence-corrected chi connectivity index (χ2v) is 5.93. The summed E-state index contributed by atoms with van der Waals surface area (Å²) in [6, 6.07) is 2.72. The second kappa shape index (κ2) is 6.39. The van der Waals surface area contributed by atoms with E-state index in [2.05, 4.69) is 10.3 Å². The van der Waals surface area contributed by atoms with Crippen LogP contribution in [0.5, 0.6) is 0 Å². The van der Waals surface area contributed by atoms with Gasteiger partial charge in [-0.25, -0.2) is 4.98 Å². The molecule has 0 aliphatic heterocycles. The van der Waals surface area contributed by atoms with Gasteiger partial charge >= 0.3 is 0 Å². The van der Waals surface area contributed by atoms with E-state index in [0.29, 0.717) is 12.2 Å². The highest BCUT2D eigenvalue weighted by molar-refractivity contribution is 7.09. The number of nitrogens with zero attached hydrogens (tertiary/aromatic N) is 2. The normalized spacial score (nSPS) is 12.2. The summed E-state index contributed by atoms with van der Waals surface area (Å²) in [5.41, 5.74) is 0.263. The summed E-state index contributed by atoms with van der Waals surface area (Å²) >= 11 is 13.3. The number of anilines is 1. The van der Waals surface area contributed by atoms with Crippen molar-refractivity contribution in [2.45, 2.75) is 12.8 Å². The van der Waals surface area contributed by atoms with Crippen LogP contribution in [0.3, 0.4) is 0 Å². The molecule has 8 heteroatoms. The van der Waals surface area contributed by atoms with Crippen molar-refractivity contribution in [2.75, 3.05) is 11.9 Å². The third-order valence-corrected chi connectivity index (χ3v) is 4.44. The fourth-order valence-electron chi connectivity index (χ4n) is 1.66. The van der Waals surface area contributed by atoms with Crippen molar-refractivity contribution in [3.8, 4) is 0 Å². The molecule has 0 amide bonds. The average Bonchev–Trinajstić information content (AvgIpc) is 2.93. The standard InChI is InChI=1S/C12H11Cl2N3O2S/c1-7(12-15-2-3-20-12)6-16-10-4-8(13)9(14)5-11(10)17(18)19/h2-5,7,16H,6H2,1H3. The quantitative estimate of drug-likeness (QED) is 0.643.